The van der Waals surface area contributed by atoms with Gasteiger partial charge in [-0.15, -0.1) is 0 Å². The number of H-pyrrole nitrogens is 1. The quantitative estimate of drug-likeness (QED) is 0.355. The summed E-state index contributed by atoms with van der Waals surface area (Å²) in [7, 11) is 0. The average Bonchev–Trinajstić information content (AvgIpc) is 3.35. The van der Waals surface area contributed by atoms with Crippen molar-refractivity contribution in [2.24, 2.45) is 0 Å². The summed E-state index contributed by atoms with van der Waals surface area (Å²) in [5, 5.41) is 0. The molecule has 0 unspecified atom stereocenters. The van der Waals surface area contributed by atoms with E-state index in [0.717, 1.165) is 10.5 Å². The van der Waals surface area contributed by atoms with Crippen molar-refractivity contribution in [1.82, 2.24) is 9.55 Å². The molecule has 186 valence electrons. The molecule has 1 aliphatic heterocycles. The van der Waals surface area contributed by atoms with E-state index in [9.17, 15) is 19.2 Å². The van der Waals surface area contributed by atoms with E-state index in [1.165, 1.54) is 16.7 Å². The number of ether oxygens (including phenoxy) is 3. The summed E-state index contributed by atoms with van der Waals surface area (Å²) in [6, 6.07) is 14.2. The fourth-order valence-electron chi connectivity index (χ4n) is 3.66. The summed E-state index contributed by atoms with van der Waals surface area (Å²) in [6.45, 7) is 1.29. The number of aromatic nitrogens is 2. The molecule has 0 spiro atoms. The van der Waals surface area contributed by atoms with Crippen molar-refractivity contribution < 1.29 is 23.8 Å². The van der Waals surface area contributed by atoms with Crippen LogP contribution in [0.2, 0.25) is 0 Å². The van der Waals surface area contributed by atoms with E-state index in [1.54, 1.807) is 49.4 Å². The number of nitrogens with two attached hydrogens (primary N) is 1. The maximum atomic E-state index is 12.8. The van der Waals surface area contributed by atoms with Crippen LogP contribution in [-0.2, 0) is 20.9 Å². The fraction of sp³-hybridized carbons (Fsp3) is 0.200. The van der Waals surface area contributed by atoms with Gasteiger partial charge in [0.25, 0.3) is 11.5 Å². The molecular formula is C25H24N4O7. The number of likely N-dealkylation sites (N-methyl/N-ethyl adjacent to an activating group) is 1. The molecule has 1 aliphatic rings. The predicted octanol–water partition coefficient (Wildman–Crippen LogP) is 1.51. The summed E-state index contributed by atoms with van der Waals surface area (Å²) < 4.78 is 16.8. The maximum absolute atomic E-state index is 12.8. The molecule has 2 aromatic carbocycles. The van der Waals surface area contributed by atoms with Gasteiger partial charge in [0.1, 0.15) is 5.82 Å². The molecule has 1 amide bonds. The highest BCUT2D eigenvalue weighted by atomic mass is 16.7. The normalized spacial score (nSPS) is 12.0. The number of nitrogens with one attached hydrogen (secondary N) is 1. The number of carbonyl (C=O) groups excluding carboxylic acids is 2. The third-order valence-corrected chi connectivity index (χ3v) is 5.43. The lowest BCUT2D eigenvalue weighted by molar-refractivity contribution is -0.142. The van der Waals surface area contributed by atoms with Gasteiger partial charge >= 0.3 is 11.7 Å². The first-order valence-corrected chi connectivity index (χ1v) is 11.1. The lowest BCUT2D eigenvalue weighted by Crippen LogP contribution is -2.42. The Balaban J connectivity index is 1.46. The molecule has 0 saturated carbocycles. The van der Waals surface area contributed by atoms with Crippen LogP contribution in [0.15, 0.2) is 64.2 Å². The molecule has 0 radical (unpaired) electrons. The maximum Gasteiger partial charge on any atom is 0.331 e. The first-order valence-electron chi connectivity index (χ1n) is 11.1. The van der Waals surface area contributed by atoms with Crippen LogP contribution in [-0.4, -0.2) is 41.4 Å². The smallest absolute Gasteiger partial charge is 0.331 e. The van der Waals surface area contributed by atoms with E-state index in [2.05, 4.69) is 4.98 Å². The van der Waals surface area contributed by atoms with Crippen LogP contribution in [0.1, 0.15) is 18.1 Å². The van der Waals surface area contributed by atoms with Crippen LogP contribution in [0.5, 0.6) is 11.5 Å². The van der Waals surface area contributed by atoms with Gasteiger partial charge in [0.05, 0.1) is 6.54 Å². The minimum atomic E-state index is -0.814. The van der Waals surface area contributed by atoms with Gasteiger partial charge in [-0.2, -0.15) is 0 Å². The number of aromatic amines is 1. The zero-order valence-corrected chi connectivity index (χ0v) is 19.4. The Hall–Kier alpha value is -4.80. The topological polar surface area (TPSA) is 146 Å². The predicted molar refractivity (Wildman–Crippen MR) is 132 cm³/mol. The number of nitrogens with zero attached hydrogens (tertiary/aromatic N) is 2. The van der Waals surface area contributed by atoms with Crippen LogP contribution in [0.4, 0.5) is 11.5 Å². The molecule has 3 N–H and O–H groups in total. The lowest BCUT2D eigenvalue weighted by Gasteiger charge is -2.23. The molecule has 1 aromatic heterocycles. The summed E-state index contributed by atoms with van der Waals surface area (Å²) >= 11 is 0. The van der Waals surface area contributed by atoms with Gasteiger partial charge < -0.3 is 24.8 Å². The van der Waals surface area contributed by atoms with Crippen molar-refractivity contribution in [3.63, 3.8) is 0 Å². The molecule has 2 heterocycles. The molecule has 0 fully saturated rings. The molecule has 3 aromatic rings. The van der Waals surface area contributed by atoms with E-state index in [4.69, 9.17) is 19.9 Å². The Bertz CT molecular complexity index is 1430. The number of esters is 1. The van der Waals surface area contributed by atoms with E-state index < -0.39 is 29.7 Å². The molecule has 0 aliphatic carbocycles. The van der Waals surface area contributed by atoms with E-state index in [0.29, 0.717) is 17.1 Å². The van der Waals surface area contributed by atoms with Gasteiger partial charge in [0.2, 0.25) is 6.79 Å². The minimum absolute atomic E-state index is 0.0558. The van der Waals surface area contributed by atoms with Crippen molar-refractivity contribution in [1.29, 1.82) is 0 Å². The number of hydrogen-bond acceptors (Lipinski definition) is 8. The Morgan fingerprint density at radius 1 is 1.14 bits per heavy atom. The molecule has 11 heteroatoms. The number of amides is 1. The van der Waals surface area contributed by atoms with Gasteiger partial charge in [0.15, 0.2) is 23.8 Å². The van der Waals surface area contributed by atoms with Crippen molar-refractivity contribution in [3.8, 4) is 11.5 Å². The first kappa shape index (κ1) is 24.3. The van der Waals surface area contributed by atoms with Crippen molar-refractivity contribution >= 4 is 29.5 Å². The van der Waals surface area contributed by atoms with Gasteiger partial charge in [-0.05, 0) is 36.3 Å². The fourth-order valence-corrected chi connectivity index (χ4v) is 3.66. The average molecular weight is 492 g/mol. The Labute approximate surface area is 205 Å². The third-order valence-electron chi connectivity index (χ3n) is 5.43. The molecular weight excluding hydrogens is 468 g/mol. The number of nitrogen functional groups attached to an aromatic ring is 1. The van der Waals surface area contributed by atoms with Gasteiger partial charge in [0, 0.05) is 12.6 Å². The van der Waals surface area contributed by atoms with Crippen LogP contribution < -0.4 is 31.4 Å². The van der Waals surface area contributed by atoms with Crippen molar-refractivity contribution in [2.45, 2.75) is 13.5 Å². The molecule has 36 heavy (non-hydrogen) atoms. The second-order valence-corrected chi connectivity index (χ2v) is 7.76. The standard InChI is InChI=1S/C25H24N4O7/c1-2-28(22-23(26)29(25(33)27-24(22)32)13-17-6-4-3-5-7-17)20(30)14-34-21(31)11-9-16-8-10-18-19(12-16)36-15-35-18/h3-12H,2,13-15,26H2,1H3,(H,27,32,33)/b11-9+. The Morgan fingerprint density at radius 3 is 2.64 bits per heavy atom. The van der Waals surface area contributed by atoms with Crippen LogP contribution in [0, 0.1) is 0 Å². The first-order chi connectivity index (χ1) is 17.4. The van der Waals surface area contributed by atoms with Crippen molar-refractivity contribution in [3.05, 3.63) is 86.6 Å². The van der Waals surface area contributed by atoms with E-state index in [-0.39, 0.29) is 31.4 Å². The molecule has 11 nitrogen and oxygen atoms in total. The zero-order valence-electron chi connectivity index (χ0n) is 19.4. The van der Waals surface area contributed by atoms with E-state index in [1.807, 2.05) is 6.07 Å². The highest BCUT2D eigenvalue weighted by Crippen LogP contribution is 2.32. The number of carbonyl (C=O) groups is 2. The largest absolute Gasteiger partial charge is 0.454 e. The molecule has 0 atom stereocenters. The molecule has 0 saturated heterocycles. The number of benzene rings is 2. The summed E-state index contributed by atoms with van der Waals surface area (Å²) in [5.74, 6) is -0.422. The second-order valence-electron chi connectivity index (χ2n) is 7.76. The highest BCUT2D eigenvalue weighted by Gasteiger charge is 2.24. The van der Waals surface area contributed by atoms with Crippen LogP contribution >= 0.6 is 0 Å². The highest BCUT2D eigenvalue weighted by molar-refractivity contribution is 5.98. The van der Waals surface area contributed by atoms with Crippen LogP contribution in [0.3, 0.4) is 0 Å². The number of anilines is 2. The van der Waals surface area contributed by atoms with Gasteiger partial charge in [-0.25, -0.2) is 9.59 Å². The summed E-state index contributed by atoms with van der Waals surface area (Å²) in [4.78, 5) is 53.2. The van der Waals surface area contributed by atoms with Crippen molar-refractivity contribution in [2.75, 3.05) is 30.6 Å². The molecule has 4 rings (SSSR count). The van der Waals surface area contributed by atoms with E-state index >= 15 is 0 Å². The van der Waals surface area contributed by atoms with Crippen LogP contribution in [0.25, 0.3) is 6.08 Å². The molecule has 0 bridgehead atoms. The lowest BCUT2D eigenvalue weighted by atomic mass is 10.2. The Morgan fingerprint density at radius 2 is 1.89 bits per heavy atom. The summed E-state index contributed by atoms with van der Waals surface area (Å²) in [5.41, 5.74) is 5.92. The van der Waals surface area contributed by atoms with Gasteiger partial charge in [-0.3, -0.25) is 19.1 Å². The number of fused-ring (bicyclic) bond motifs is 1. The SMILES string of the molecule is CCN(C(=O)COC(=O)/C=C/c1ccc2c(c1)OCO2)c1c(N)n(Cc2ccccc2)c(=O)[nH]c1=O. The van der Waals surface area contributed by atoms with Gasteiger partial charge in [-0.1, -0.05) is 36.4 Å². The summed E-state index contributed by atoms with van der Waals surface area (Å²) in [6.07, 6.45) is 2.68. The zero-order chi connectivity index (χ0) is 25.7. The Kier molecular flexibility index (Phi) is 7.19. The third kappa shape index (κ3) is 5.30. The monoisotopic (exact) mass is 492 g/mol. The number of rotatable bonds is 8. The minimum Gasteiger partial charge on any atom is -0.454 e. The number of hydrogen-bond donors (Lipinski definition) is 2. The second kappa shape index (κ2) is 10.6.